The Morgan fingerprint density at radius 2 is 0.644 bits per heavy atom. The average molecular weight is 1390 g/mol. The van der Waals surface area contributed by atoms with Crippen molar-refractivity contribution >= 4 is 90.3 Å². The predicted molar refractivity (Wildman–Crippen MR) is 402 cm³/mol. The molecule has 0 radical (unpaired) electrons. The number of amides is 8. The number of carbonyl (C=O) groups excluding carboxylic acids is 8. The highest BCUT2D eigenvalue weighted by Crippen LogP contribution is 2.58. The van der Waals surface area contributed by atoms with E-state index in [9.17, 15) is 9.59 Å². The Bertz CT molecular complexity index is 4740. The van der Waals surface area contributed by atoms with E-state index in [0.29, 0.717) is 34.1 Å². The van der Waals surface area contributed by atoms with Crippen LogP contribution in [0.5, 0.6) is 46.0 Å². The molecule has 0 saturated heterocycles. The molecule has 8 amide bonds. The van der Waals surface area contributed by atoms with Crippen molar-refractivity contribution in [2.75, 3.05) is 39.3 Å². The van der Waals surface area contributed by atoms with Crippen molar-refractivity contribution in [3.05, 3.63) is 262 Å². The Labute approximate surface area is 602 Å². The number of hydrogen-bond donors (Lipinski definition) is 2. The lowest BCUT2D eigenvalue weighted by Gasteiger charge is -2.37. The highest BCUT2D eigenvalue weighted by molar-refractivity contribution is 6.45. The van der Waals surface area contributed by atoms with Gasteiger partial charge in [-0.2, -0.15) is 0 Å². The van der Waals surface area contributed by atoms with Crippen molar-refractivity contribution in [3.63, 3.8) is 0 Å². The minimum atomic E-state index is -1.45. The highest BCUT2D eigenvalue weighted by atomic mass is 16.5. The molecule has 0 aromatic heterocycles. The summed E-state index contributed by atoms with van der Waals surface area (Å²) in [4.78, 5) is 128. The number of imide groups is 2. The van der Waals surface area contributed by atoms with Gasteiger partial charge in [-0.15, -0.1) is 0 Å². The maximum atomic E-state index is 16.6. The predicted octanol–water partition coefficient (Wildman–Crippen LogP) is 15.6. The van der Waals surface area contributed by atoms with Gasteiger partial charge in [0.15, 0.2) is 0 Å². The molecule has 0 fully saturated rings. The van der Waals surface area contributed by atoms with E-state index in [4.69, 9.17) is 18.9 Å². The summed E-state index contributed by atoms with van der Waals surface area (Å²) < 4.78 is 28.9. The molecule has 2 aliphatic heterocycles. The van der Waals surface area contributed by atoms with Crippen molar-refractivity contribution in [2.24, 2.45) is 0 Å². The number of ether oxygens (including phenoxy) is 4. The molecule has 13 rings (SSSR count). The molecule has 11 aromatic rings. The summed E-state index contributed by atoms with van der Waals surface area (Å²) in [6, 6.07) is 50.8. The van der Waals surface area contributed by atoms with Crippen LogP contribution in [0.15, 0.2) is 206 Å². The molecule has 0 bridgehead atoms. The van der Waals surface area contributed by atoms with Gasteiger partial charge in [0.1, 0.15) is 58.1 Å². The van der Waals surface area contributed by atoms with Crippen LogP contribution in [0.2, 0.25) is 0 Å². The Balaban J connectivity index is 1.15. The van der Waals surface area contributed by atoms with Gasteiger partial charge in [0.2, 0.25) is 23.6 Å². The van der Waals surface area contributed by atoms with Gasteiger partial charge in [-0.05, 0) is 139 Å². The molecule has 0 aliphatic carbocycles. The van der Waals surface area contributed by atoms with E-state index in [2.05, 4.69) is 23.8 Å². The fourth-order valence-electron chi connectivity index (χ4n) is 13.8. The first kappa shape index (κ1) is 70.0. The monoisotopic (exact) mass is 1390 g/mol. The lowest BCUT2D eigenvalue weighted by molar-refractivity contribution is -0.136. The number of hydrogen-bond acceptors (Lipinski definition) is 12. The standard InChI is InChI=1S/C86H78N6O12/c1-11-89(41-39-87-79(93)49(3)4)85(99)65(43-55-19-15-13-16-20-55)91-81(95)61-45-67(101-57-31-23-51(7)24-32-57)73-75-69(103-59-35-27-53(9)28-36-59)47-63-72-64(84(98)92(83(63)97)66(44-56-21-17-14-18-22-56)86(100)90(12-2)42-40-88-80(94)50(5)6)48-70(104-60-37-29-54(10)30-38-60)76(78(72)75)74-68(102-58-33-25-52(8)26-34-58)46-62(82(91)96)71(61)77(73)74/h13-38,45-48,65-66H,3,5,11-12,39-44H2,1-2,4,6-10H3,(H,87,93)(H,88,94). The lowest BCUT2D eigenvalue weighted by atomic mass is 9.80. The Kier molecular flexibility index (Phi) is 19.7. The van der Waals surface area contributed by atoms with Gasteiger partial charge in [-0.3, -0.25) is 48.2 Å². The molecule has 524 valence electrons. The van der Waals surface area contributed by atoms with Crippen LogP contribution in [-0.4, -0.2) is 118 Å². The SMILES string of the molecule is C=C(C)C(=O)NCCN(CC)C(=O)C(Cc1ccccc1)N1C(=O)c2cc(Oc3ccc(C)cc3)c3c4c(Oc5ccc(C)cc5)cc5c6c(cc(Oc7ccc(C)cc7)c(c7c(Oc8ccc(C)cc8)cc(c2c37)C1=O)c64)C(=O)N(C(Cc1ccccc1)C(=O)N(CC)CCNC(=O)C(=C)C)C5=O. The number of nitrogens with one attached hydrogen (secondary N) is 2. The molecule has 11 aromatic carbocycles. The molecule has 0 saturated carbocycles. The van der Waals surface area contributed by atoms with Crippen molar-refractivity contribution in [3.8, 4) is 46.0 Å². The fourth-order valence-corrected chi connectivity index (χ4v) is 13.8. The van der Waals surface area contributed by atoms with Gasteiger partial charge in [-0.1, -0.05) is 145 Å². The van der Waals surface area contributed by atoms with Gasteiger partial charge < -0.3 is 39.4 Å². The van der Waals surface area contributed by atoms with E-state index in [1.165, 1.54) is 9.80 Å². The van der Waals surface area contributed by atoms with Crippen molar-refractivity contribution in [2.45, 2.75) is 80.3 Å². The van der Waals surface area contributed by atoms with Gasteiger partial charge in [0, 0.05) is 106 Å². The molecule has 2 atom stereocenters. The Morgan fingerprint density at radius 1 is 0.385 bits per heavy atom. The molecule has 2 heterocycles. The van der Waals surface area contributed by atoms with Gasteiger partial charge in [0.05, 0.1) is 22.3 Å². The first-order valence-electron chi connectivity index (χ1n) is 34.7. The van der Waals surface area contributed by atoms with E-state index in [0.717, 1.165) is 32.1 Å². The largest absolute Gasteiger partial charge is 0.457 e. The molecule has 2 aliphatic rings. The molecule has 18 heteroatoms. The topological polar surface area (TPSA) is 210 Å². The number of carbonyl (C=O) groups is 8. The zero-order valence-corrected chi connectivity index (χ0v) is 59.2. The van der Waals surface area contributed by atoms with Crippen LogP contribution in [0, 0.1) is 27.7 Å². The third kappa shape index (κ3) is 13.6. The quantitative estimate of drug-likeness (QED) is 0.0224. The summed E-state index contributed by atoms with van der Waals surface area (Å²) in [7, 11) is 0. The number of fused-ring (bicyclic) bond motifs is 2. The summed E-state index contributed by atoms with van der Waals surface area (Å²) in [5, 5.41) is 7.56. The van der Waals surface area contributed by atoms with E-state index in [1.54, 1.807) is 100 Å². The van der Waals surface area contributed by atoms with E-state index in [-0.39, 0.29) is 152 Å². The number of likely N-dealkylation sites (N-methyl/N-ethyl adjacent to an activating group) is 2. The second-order valence-electron chi connectivity index (χ2n) is 26.6. The lowest BCUT2D eigenvalue weighted by Crippen LogP contribution is -2.56. The van der Waals surface area contributed by atoms with Crippen LogP contribution in [0.25, 0.3) is 43.1 Å². The Morgan fingerprint density at radius 3 is 0.885 bits per heavy atom. The van der Waals surface area contributed by atoms with E-state index < -0.39 is 59.3 Å². The minimum Gasteiger partial charge on any atom is -0.457 e. The summed E-state index contributed by atoms with van der Waals surface area (Å²) in [6.07, 6.45) is -0.191. The Hall–Kier alpha value is -12.4. The van der Waals surface area contributed by atoms with Crippen molar-refractivity contribution < 1.29 is 57.3 Å². The molecule has 18 nitrogen and oxygen atoms in total. The summed E-state index contributed by atoms with van der Waals surface area (Å²) >= 11 is 0. The third-order valence-electron chi connectivity index (χ3n) is 19.2. The summed E-state index contributed by atoms with van der Waals surface area (Å²) in [5.74, 6) is -3.56. The minimum absolute atomic E-state index is 0.0169. The van der Waals surface area contributed by atoms with Crippen LogP contribution in [-0.2, 0) is 32.0 Å². The molecular formula is C86H78N6O12. The summed E-state index contributed by atoms with van der Waals surface area (Å²) in [6.45, 7) is 22.4. The van der Waals surface area contributed by atoms with E-state index in [1.807, 2.05) is 137 Å². The van der Waals surface area contributed by atoms with E-state index >= 15 is 28.8 Å². The van der Waals surface area contributed by atoms with Crippen LogP contribution < -0.4 is 29.6 Å². The third-order valence-corrected chi connectivity index (χ3v) is 19.2. The number of benzene rings is 11. The maximum Gasteiger partial charge on any atom is 0.262 e. The maximum absolute atomic E-state index is 16.6. The van der Waals surface area contributed by atoms with Crippen molar-refractivity contribution in [1.82, 2.24) is 30.2 Å². The zero-order valence-electron chi connectivity index (χ0n) is 59.2. The van der Waals surface area contributed by atoms with Crippen LogP contribution in [0.1, 0.15) is 103 Å². The van der Waals surface area contributed by atoms with Gasteiger partial charge >= 0.3 is 0 Å². The summed E-state index contributed by atoms with van der Waals surface area (Å²) in [5.41, 5.74) is 5.49. The first-order valence-corrected chi connectivity index (χ1v) is 34.7. The number of rotatable bonds is 26. The van der Waals surface area contributed by atoms with Crippen LogP contribution in [0.3, 0.4) is 0 Å². The second-order valence-corrected chi connectivity index (χ2v) is 26.6. The average Bonchev–Trinajstić information content (AvgIpc) is 0.671. The number of aryl methyl sites for hydroxylation is 4. The van der Waals surface area contributed by atoms with Crippen LogP contribution >= 0.6 is 0 Å². The zero-order chi connectivity index (χ0) is 73.4. The molecule has 0 spiro atoms. The smallest absolute Gasteiger partial charge is 0.262 e. The first-order chi connectivity index (χ1) is 50.1. The normalized spacial score (nSPS) is 13.1. The fraction of sp³-hybridized carbons (Fsp3) is 0.209. The number of nitrogens with zero attached hydrogens (tertiary/aromatic N) is 4. The molecule has 2 N–H and O–H groups in total. The van der Waals surface area contributed by atoms with Crippen molar-refractivity contribution in [1.29, 1.82) is 0 Å². The van der Waals surface area contributed by atoms with Crippen LogP contribution in [0.4, 0.5) is 0 Å². The molecule has 104 heavy (non-hydrogen) atoms. The van der Waals surface area contributed by atoms with Gasteiger partial charge in [-0.25, -0.2) is 0 Å². The highest BCUT2D eigenvalue weighted by Gasteiger charge is 2.47. The second kappa shape index (κ2) is 29.3. The molecule has 2 unspecified atom stereocenters. The molecular weight excluding hydrogens is 1310 g/mol. The van der Waals surface area contributed by atoms with Gasteiger partial charge in [0.25, 0.3) is 23.6 Å².